The average molecular weight is 302 g/mol. The van der Waals surface area contributed by atoms with Crippen LogP contribution in [0.3, 0.4) is 0 Å². The molecule has 1 aliphatic heterocycles. The van der Waals surface area contributed by atoms with E-state index in [4.69, 9.17) is 23.2 Å². The summed E-state index contributed by atoms with van der Waals surface area (Å²) in [5, 5.41) is 0.126. The van der Waals surface area contributed by atoms with Crippen molar-refractivity contribution in [2.75, 3.05) is 20.1 Å². The van der Waals surface area contributed by atoms with E-state index in [2.05, 4.69) is 21.5 Å². The third-order valence-corrected chi connectivity index (χ3v) is 4.18. The summed E-state index contributed by atoms with van der Waals surface area (Å²) in [5.74, 6) is 0.649. The highest BCUT2D eigenvalue weighted by atomic mass is 35.5. The van der Waals surface area contributed by atoms with Crippen molar-refractivity contribution in [1.82, 2.24) is 14.5 Å². The zero-order valence-electron chi connectivity index (χ0n) is 10.5. The maximum absolute atomic E-state index is 13.5. The molecule has 1 atom stereocenters. The minimum atomic E-state index is -0.441. The van der Waals surface area contributed by atoms with E-state index in [0.29, 0.717) is 17.4 Å². The van der Waals surface area contributed by atoms with E-state index in [1.807, 2.05) is 0 Å². The number of rotatable bonds is 2. The first-order valence-corrected chi connectivity index (χ1v) is 7.11. The Bertz CT molecular complexity index is 626. The summed E-state index contributed by atoms with van der Waals surface area (Å²) in [6.45, 7) is 1.99. The molecule has 1 fully saturated rings. The van der Waals surface area contributed by atoms with E-state index >= 15 is 0 Å². The van der Waals surface area contributed by atoms with Crippen molar-refractivity contribution in [2.45, 2.75) is 18.3 Å². The van der Waals surface area contributed by atoms with E-state index < -0.39 is 5.82 Å². The smallest absolute Gasteiger partial charge is 0.144 e. The molecule has 1 aliphatic rings. The third kappa shape index (κ3) is 2.22. The fourth-order valence-electron chi connectivity index (χ4n) is 2.76. The number of likely N-dealkylation sites (tertiary alicyclic amines) is 1. The molecule has 0 bridgehead atoms. The van der Waals surface area contributed by atoms with E-state index in [1.54, 1.807) is 6.07 Å². The minimum absolute atomic E-state index is 0.126. The van der Waals surface area contributed by atoms with Gasteiger partial charge in [-0.15, -0.1) is 11.6 Å². The topological polar surface area (TPSA) is 21.1 Å². The lowest BCUT2D eigenvalue weighted by Gasteiger charge is -2.16. The van der Waals surface area contributed by atoms with Gasteiger partial charge in [-0.3, -0.25) is 0 Å². The molecule has 0 aliphatic carbocycles. The number of alkyl halides is 1. The molecule has 2 aromatic rings. The summed E-state index contributed by atoms with van der Waals surface area (Å²) in [6, 6.07) is 3.35. The summed E-state index contributed by atoms with van der Waals surface area (Å²) in [4.78, 5) is 6.68. The van der Waals surface area contributed by atoms with Gasteiger partial charge in [0.2, 0.25) is 0 Å². The van der Waals surface area contributed by atoms with Gasteiger partial charge in [-0.2, -0.15) is 0 Å². The van der Waals surface area contributed by atoms with Crippen LogP contribution in [0, 0.1) is 5.82 Å². The largest absolute Gasteiger partial charge is 0.322 e. The summed E-state index contributed by atoms with van der Waals surface area (Å²) in [6.07, 6.45) is 1.04. The standard InChI is InChI=1S/C13H14Cl2FN3/c1-18-3-2-8(7-18)19-12-4-9(15)10(16)5-11(12)17-13(19)6-14/h4-5,8H,2-3,6-7H2,1H3. The van der Waals surface area contributed by atoms with Crippen molar-refractivity contribution in [2.24, 2.45) is 0 Å². The lowest BCUT2D eigenvalue weighted by molar-refractivity contribution is 0.393. The predicted octanol–water partition coefficient (Wildman–Crippen LogP) is 3.44. The second-order valence-electron chi connectivity index (χ2n) is 4.99. The molecule has 0 spiro atoms. The van der Waals surface area contributed by atoms with Gasteiger partial charge in [-0.25, -0.2) is 9.37 Å². The highest BCUT2D eigenvalue weighted by molar-refractivity contribution is 6.31. The monoisotopic (exact) mass is 301 g/mol. The molecular weight excluding hydrogens is 288 g/mol. The molecule has 0 saturated carbocycles. The Hall–Kier alpha value is -0.840. The van der Waals surface area contributed by atoms with Crippen LogP contribution in [0.15, 0.2) is 12.1 Å². The van der Waals surface area contributed by atoms with Gasteiger partial charge in [0.1, 0.15) is 11.6 Å². The second kappa shape index (κ2) is 4.93. The van der Waals surface area contributed by atoms with Crippen LogP contribution in [0.25, 0.3) is 11.0 Å². The van der Waals surface area contributed by atoms with E-state index in [0.717, 1.165) is 30.9 Å². The molecule has 1 aromatic heterocycles. The molecular formula is C13H14Cl2FN3. The summed E-state index contributed by atoms with van der Waals surface area (Å²) in [7, 11) is 2.09. The Morgan fingerprint density at radius 3 is 2.89 bits per heavy atom. The van der Waals surface area contributed by atoms with Crippen LogP contribution in [-0.2, 0) is 5.88 Å². The lowest BCUT2D eigenvalue weighted by atomic mass is 10.2. The van der Waals surface area contributed by atoms with Crippen molar-refractivity contribution in [3.63, 3.8) is 0 Å². The van der Waals surface area contributed by atoms with Gasteiger partial charge in [0.15, 0.2) is 0 Å². The van der Waals surface area contributed by atoms with E-state index in [9.17, 15) is 4.39 Å². The Labute approximate surface area is 120 Å². The minimum Gasteiger partial charge on any atom is -0.322 e. The van der Waals surface area contributed by atoms with Crippen LogP contribution in [0.4, 0.5) is 4.39 Å². The maximum Gasteiger partial charge on any atom is 0.144 e. The van der Waals surface area contributed by atoms with Crippen molar-refractivity contribution in [3.8, 4) is 0 Å². The summed E-state index contributed by atoms with van der Waals surface area (Å²) >= 11 is 11.9. The van der Waals surface area contributed by atoms with Crippen LogP contribution in [0.5, 0.6) is 0 Å². The van der Waals surface area contributed by atoms with Gasteiger partial charge in [0.05, 0.1) is 21.9 Å². The molecule has 0 radical (unpaired) electrons. The van der Waals surface area contributed by atoms with Crippen molar-refractivity contribution >= 4 is 34.2 Å². The van der Waals surface area contributed by atoms with Gasteiger partial charge in [-0.1, -0.05) is 11.6 Å². The van der Waals surface area contributed by atoms with E-state index in [-0.39, 0.29) is 5.02 Å². The van der Waals surface area contributed by atoms with Crippen molar-refractivity contribution < 1.29 is 4.39 Å². The van der Waals surface area contributed by atoms with E-state index in [1.165, 1.54) is 6.07 Å². The number of fused-ring (bicyclic) bond motifs is 1. The van der Waals surface area contributed by atoms with Crippen LogP contribution in [0.1, 0.15) is 18.3 Å². The number of imidazole rings is 1. The fourth-order valence-corrected chi connectivity index (χ4v) is 3.11. The number of hydrogen-bond donors (Lipinski definition) is 0. The second-order valence-corrected chi connectivity index (χ2v) is 5.67. The molecule has 0 N–H and O–H groups in total. The first-order chi connectivity index (χ1) is 9.10. The maximum atomic E-state index is 13.5. The first-order valence-electron chi connectivity index (χ1n) is 6.20. The van der Waals surface area contributed by atoms with Crippen LogP contribution in [0.2, 0.25) is 5.02 Å². The molecule has 102 valence electrons. The lowest BCUT2D eigenvalue weighted by Crippen LogP contribution is -2.17. The van der Waals surface area contributed by atoms with Crippen LogP contribution >= 0.6 is 23.2 Å². The number of hydrogen-bond acceptors (Lipinski definition) is 2. The van der Waals surface area contributed by atoms with Gasteiger partial charge >= 0.3 is 0 Å². The number of likely N-dealkylation sites (N-methyl/N-ethyl adjacent to an activating group) is 1. The Morgan fingerprint density at radius 2 is 2.26 bits per heavy atom. The highest BCUT2D eigenvalue weighted by Gasteiger charge is 2.25. The SMILES string of the molecule is CN1CCC(n2c(CCl)nc3cc(F)c(Cl)cc32)C1. The normalized spacial score (nSPS) is 20.5. The molecule has 1 aromatic carbocycles. The molecule has 19 heavy (non-hydrogen) atoms. The van der Waals surface area contributed by atoms with Crippen LogP contribution < -0.4 is 0 Å². The Balaban J connectivity index is 2.18. The van der Waals surface area contributed by atoms with Crippen molar-refractivity contribution in [3.05, 3.63) is 28.8 Å². The first kappa shape index (κ1) is 13.2. The zero-order valence-corrected chi connectivity index (χ0v) is 12.0. The molecule has 3 nitrogen and oxygen atoms in total. The summed E-state index contributed by atoms with van der Waals surface area (Å²) in [5.41, 5.74) is 1.48. The number of aromatic nitrogens is 2. The molecule has 1 saturated heterocycles. The zero-order chi connectivity index (χ0) is 13.6. The van der Waals surface area contributed by atoms with Gasteiger partial charge in [-0.05, 0) is 26.1 Å². The molecule has 1 unspecified atom stereocenters. The number of halogens is 3. The molecule has 6 heteroatoms. The Kier molecular flexibility index (Phi) is 3.41. The predicted molar refractivity (Wildman–Crippen MR) is 75.4 cm³/mol. The number of nitrogens with zero attached hydrogens (tertiary/aromatic N) is 3. The highest BCUT2D eigenvalue weighted by Crippen LogP contribution is 2.30. The van der Waals surface area contributed by atoms with Gasteiger partial charge in [0.25, 0.3) is 0 Å². The molecule has 2 heterocycles. The fraction of sp³-hybridized carbons (Fsp3) is 0.462. The van der Waals surface area contributed by atoms with Crippen LogP contribution in [-0.4, -0.2) is 34.6 Å². The average Bonchev–Trinajstić information content (AvgIpc) is 2.93. The quantitative estimate of drug-likeness (QED) is 0.792. The molecule has 0 amide bonds. The van der Waals surface area contributed by atoms with Gasteiger partial charge in [0, 0.05) is 18.7 Å². The van der Waals surface area contributed by atoms with Crippen molar-refractivity contribution in [1.29, 1.82) is 0 Å². The third-order valence-electron chi connectivity index (χ3n) is 3.66. The van der Waals surface area contributed by atoms with Gasteiger partial charge < -0.3 is 9.47 Å². The summed E-state index contributed by atoms with van der Waals surface area (Å²) < 4.78 is 15.6. The Morgan fingerprint density at radius 1 is 1.47 bits per heavy atom. The molecule has 3 rings (SSSR count). The number of benzene rings is 1.